The summed E-state index contributed by atoms with van der Waals surface area (Å²) in [4.78, 5) is 31.2. The lowest BCUT2D eigenvalue weighted by Gasteiger charge is -2.37. The molecule has 1 aliphatic heterocycles. The Bertz CT molecular complexity index is 1110. The molecule has 0 bridgehead atoms. The van der Waals surface area contributed by atoms with E-state index in [4.69, 9.17) is 9.15 Å². The summed E-state index contributed by atoms with van der Waals surface area (Å²) in [6.45, 7) is 5.28. The van der Waals surface area contributed by atoms with Gasteiger partial charge in [0.2, 0.25) is 5.91 Å². The van der Waals surface area contributed by atoms with Crippen LogP contribution in [0.5, 0.6) is 5.75 Å². The zero-order chi connectivity index (χ0) is 24.1. The van der Waals surface area contributed by atoms with Gasteiger partial charge in [-0.05, 0) is 53.6 Å². The van der Waals surface area contributed by atoms with Gasteiger partial charge in [-0.1, -0.05) is 26.3 Å². The number of fused-ring (bicyclic) bond motifs is 1. The Hall–Kier alpha value is -3.13. The molecule has 6 nitrogen and oxygen atoms in total. The summed E-state index contributed by atoms with van der Waals surface area (Å²) >= 11 is 1.66. The van der Waals surface area contributed by atoms with Gasteiger partial charge >= 0.3 is 0 Å². The van der Waals surface area contributed by atoms with Crippen LogP contribution in [-0.2, 0) is 11.2 Å². The van der Waals surface area contributed by atoms with Crippen LogP contribution in [0, 0.1) is 11.7 Å². The second-order valence-corrected chi connectivity index (χ2v) is 9.60. The molecule has 0 spiro atoms. The summed E-state index contributed by atoms with van der Waals surface area (Å²) in [6, 6.07) is 11.0. The highest BCUT2D eigenvalue weighted by Gasteiger charge is 2.34. The monoisotopic (exact) mass is 484 g/mol. The van der Waals surface area contributed by atoms with Crippen LogP contribution in [0.4, 0.5) is 4.39 Å². The molecule has 0 radical (unpaired) electrons. The largest absolute Gasteiger partial charge is 0.491 e. The molecule has 3 heterocycles. The fourth-order valence-corrected chi connectivity index (χ4v) is 5.07. The number of hydrogen-bond donors (Lipinski definition) is 0. The van der Waals surface area contributed by atoms with Gasteiger partial charge in [-0.25, -0.2) is 4.39 Å². The van der Waals surface area contributed by atoms with Gasteiger partial charge in [0.05, 0.1) is 12.3 Å². The molecular weight excluding hydrogens is 455 g/mol. The van der Waals surface area contributed by atoms with Crippen LogP contribution in [-0.4, -0.2) is 47.9 Å². The number of rotatable bonds is 9. The van der Waals surface area contributed by atoms with E-state index in [0.717, 1.165) is 18.4 Å². The summed E-state index contributed by atoms with van der Waals surface area (Å²) in [7, 11) is 0. The summed E-state index contributed by atoms with van der Waals surface area (Å²) in [5.74, 6) is 0.0698. The first kappa shape index (κ1) is 24.0. The van der Waals surface area contributed by atoms with Gasteiger partial charge in [0, 0.05) is 24.0 Å². The van der Waals surface area contributed by atoms with Crippen LogP contribution < -0.4 is 4.74 Å². The Morgan fingerprint density at radius 1 is 1.29 bits per heavy atom. The van der Waals surface area contributed by atoms with Crippen molar-refractivity contribution in [2.75, 3.05) is 26.2 Å². The summed E-state index contributed by atoms with van der Waals surface area (Å²) in [6.07, 6.45) is 3.11. The highest BCUT2D eigenvalue weighted by atomic mass is 32.1. The molecule has 4 rings (SSSR count). The molecule has 0 fully saturated rings. The average molecular weight is 485 g/mol. The van der Waals surface area contributed by atoms with E-state index in [9.17, 15) is 14.0 Å². The number of amides is 2. The molecule has 2 atom stereocenters. The van der Waals surface area contributed by atoms with E-state index in [-0.39, 0.29) is 48.5 Å². The van der Waals surface area contributed by atoms with Crippen molar-refractivity contribution in [3.63, 3.8) is 0 Å². The number of furan rings is 1. The molecule has 0 saturated carbocycles. The molecule has 8 heteroatoms. The predicted molar refractivity (Wildman–Crippen MR) is 128 cm³/mol. The third-order valence-electron chi connectivity index (χ3n) is 6.19. The zero-order valence-electron chi connectivity index (χ0n) is 19.4. The molecular formula is C26H29FN2O4S. The lowest BCUT2D eigenvalue weighted by atomic mass is 10.00. The van der Waals surface area contributed by atoms with Crippen LogP contribution in [0.1, 0.15) is 47.3 Å². The van der Waals surface area contributed by atoms with E-state index in [1.54, 1.807) is 45.4 Å². The fourth-order valence-electron chi connectivity index (χ4n) is 4.14. The van der Waals surface area contributed by atoms with E-state index >= 15 is 0 Å². The van der Waals surface area contributed by atoms with Crippen LogP contribution in [0.3, 0.4) is 0 Å². The van der Waals surface area contributed by atoms with Crippen molar-refractivity contribution < 1.29 is 23.1 Å². The van der Waals surface area contributed by atoms with Gasteiger partial charge < -0.3 is 19.0 Å². The molecule has 2 amide bonds. The first-order valence-corrected chi connectivity index (χ1v) is 12.4. The van der Waals surface area contributed by atoms with Gasteiger partial charge in [0.1, 0.15) is 24.7 Å². The van der Waals surface area contributed by atoms with E-state index in [0.29, 0.717) is 18.8 Å². The summed E-state index contributed by atoms with van der Waals surface area (Å²) in [5, 5.41) is 2.02. The van der Waals surface area contributed by atoms with Crippen LogP contribution in [0.15, 0.2) is 58.5 Å². The van der Waals surface area contributed by atoms with Gasteiger partial charge in [-0.2, -0.15) is 0 Å². The molecule has 1 aliphatic rings. The minimum atomic E-state index is -0.373. The number of nitrogens with zero attached hydrogens (tertiary/aromatic N) is 2. The minimum absolute atomic E-state index is 0.0419. The number of carbonyl (C=O) groups excluding carboxylic acids is 2. The van der Waals surface area contributed by atoms with Crippen molar-refractivity contribution in [1.82, 2.24) is 9.80 Å². The van der Waals surface area contributed by atoms with E-state index in [1.165, 1.54) is 23.3 Å². The summed E-state index contributed by atoms with van der Waals surface area (Å²) < 4.78 is 24.8. The quantitative estimate of drug-likeness (QED) is 0.420. The van der Waals surface area contributed by atoms with Crippen molar-refractivity contribution in [1.29, 1.82) is 0 Å². The van der Waals surface area contributed by atoms with Crippen molar-refractivity contribution >= 4 is 23.2 Å². The topological polar surface area (TPSA) is 63.0 Å². The van der Waals surface area contributed by atoms with Crippen molar-refractivity contribution in [3.8, 4) is 5.75 Å². The first-order chi connectivity index (χ1) is 16.5. The van der Waals surface area contributed by atoms with E-state index in [1.807, 2.05) is 11.4 Å². The average Bonchev–Trinajstić information content (AvgIpc) is 3.53. The fraction of sp³-hybridized carbons (Fsp3) is 0.385. The predicted octanol–water partition coefficient (Wildman–Crippen LogP) is 5.17. The van der Waals surface area contributed by atoms with Crippen LogP contribution in [0.25, 0.3) is 0 Å². The Labute approximate surface area is 202 Å². The maximum Gasteiger partial charge on any atom is 0.290 e. The van der Waals surface area contributed by atoms with Crippen molar-refractivity contribution in [2.45, 2.75) is 32.7 Å². The van der Waals surface area contributed by atoms with Crippen molar-refractivity contribution in [2.24, 2.45) is 5.92 Å². The van der Waals surface area contributed by atoms with E-state index in [2.05, 4.69) is 13.8 Å². The number of ether oxygens (including phenoxy) is 1. The Morgan fingerprint density at radius 2 is 2.15 bits per heavy atom. The normalized spacial score (nSPS) is 16.1. The lowest BCUT2D eigenvalue weighted by molar-refractivity contribution is -0.135. The second kappa shape index (κ2) is 10.9. The molecule has 0 N–H and O–H groups in total. The van der Waals surface area contributed by atoms with E-state index < -0.39 is 0 Å². The maximum absolute atomic E-state index is 13.6. The molecule has 3 aromatic rings. The molecule has 180 valence electrons. The zero-order valence-corrected chi connectivity index (χ0v) is 20.2. The molecule has 2 aromatic heterocycles. The molecule has 34 heavy (non-hydrogen) atoms. The van der Waals surface area contributed by atoms with Gasteiger partial charge in [-0.3, -0.25) is 9.59 Å². The Kier molecular flexibility index (Phi) is 7.67. The standard InChI is InChI=1S/C26H29FN2O4S/c1-3-18(2)15-28(26(31)23-8-5-12-32-23)16-25(30)29-11-9-24-21(10-13-34-24)22(29)17-33-20-7-4-6-19(27)14-20/h4-8,10,12-14,18,22H,3,9,11,15-17H2,1-2H3/t18-,22-/m1/s1. The number of halogens is 1. The minimum Gasteiger partial charge on any atom is -0.491 e. The van der Waals surface area contributed by atoms with Crippen LogP contribution >= 0.6 is 11.3 Å². The summed E-state index contributed by atoms with van der Waals surface area (Å²) in [5.41, 5.74) is 1.05. The lowest BCUT2D eigenvalue weighted by Crippen LogP contribution is -2.48. The van der Waals surface area contributed by atoms with Gasteiger partial charge in [0.15, 0.2) is 5.76 Å². The maximum atomic E-state index is 13.6. The number of hydrogen-bond acceptors (Lipinski definition) is 5. The Balaban J connectivity index is 1.53. The first-order valence-electron chi connectivity index (χ1n) is 11.5. The smallest absolute Gasteiger partial charge is 0.290 e. The SMILES string of the molecule is CC[C@@H](C)CN(CC(=O)N1CCc2sccc2[C@H]1COc1cccc(F)c1)C(=O)c1ccco1. The highest BCUT2D eigenvalue weighted by Crippen LogP contribution is 2.34. The number of benzene rings is 1. The van der Waals surface area contributed by atoms with Crippen LogP contribution in [0.2, 0.25) is 0 Å². The molecule has 1 aromatic carbocycles. The second-order valence-electron chi connectivity index (χ2n) is 8.60. The van der Waals surface area contributed by atoms with Gasteiger partial charge in [-0.15, -0.1) is 11.3 Å². The molecule has 0 saturated heterocycles. The van der Waals surface area contributed by atoms with Crippen molar-refractivity contribution in [3.05, 3.63) is 76.1 Å². The number of thiophene rings is 1. The third kappa shape index (κ3) is 5.50. The highest BCUT2D eigenvalue weighted by molar-refractivity contribution is 7.10. The van der Waals surface area contributed by atoms with Gasteiger partial charge in [0.25, 0.3) is 5.91 Å². The Morgan fingerprint density at radius 3 is 2.88 bits per heavy atom. The molecule has 0 unspecified atom stereocenters. The third-order valence-corrected chi connectivity index (χ3v) is 7.19. The number of carbonyl (C=O) groups is 2. The molecule has 0 aliphatic carbocycles.